The van der Waals surface area contributed by atoms with Gasteiger partial charge in [0.15, 0.2) is 0 Å². The highest BCUT2D eigenvalue weighted by atomic mass is 79.9. The molecule has 0 radical (unpaired) electrons. The lowest BCUT2D eigenvalue weighted by molar-refractivity contribution is 0.0289. The molecule has 5 heteroatoms. The Balaban J connectivity index is 1.25. The Morgan fingerprint density at radius 2 is 1.61 bits per heavy atom. The molecule has 0 bridgehead atoms. The molecule has 3 aromatic carbocycles. The van der Waals surface area contributed by atoms with E-state index in [0.717, 1.165) is 48.3 Å². The van der Waals surface area contributed by atoms with Crippen molar-refractivity contribution in [1.82, 2.24) is 9.88 Å². The molecule has 1 fully saturated rings. The van der Waals surface area contributed by atoms with Crippen LogP contribution in [0.15, 0.2) is 95.6 Å². The fourth-order valence-corrected chi connectivity index (χ4v) is 6.08. The van der Waals surface area contributed by atoms with E-state index in [9.17, 15) is 0 Å². The van der Waals surface area contributed by atoms with Crippen LogP contribution < -0.4 is 5.06 Å². The zero-order valence-electron chi connectivity index (χ0n) is 20.5. The Labute approximate surface area is 221 Å². The molecule has 2 aliphatic heterocycles. The van der Waals surface area contributed by atoms with Gasteiger partial charge >= 0.3 is 0 Å². The lowest BCUT2D eigenvalue weighted by Gasteiger charge is -2.47. The normalized spacial score (nSPS) is 17.2. The summed E-state index contributed by atoms with van der Waals surface area (Å²) >= 11 is 3.84. The summed E-state index contributed by atoms with van der Waals surface area (Å²) in [6, 6.07) is 29.9. The van der Waals surface area contributed by atoms with Gasteiger partial charge in [-0.15, -0.1) is 0 Å². The number of fused-ring (bicyclic) bond motifs is 2. The smallest absolute Gasteiger partial charge is 0.0876 e. The Hall–Kier alpha value is -2.99. The van der Waals surface area contributed by atoms with E-state index in [1.54, 1.807) is 0 Å². The van der Waals surface area contributed by atoms with Crippen molar-refractivity contribution in [2.75, 3.05) is 24.8 Å². The van der Waals surface area contributed by atoms with Gasteiger partial charge in [-0.1, -0.05) is 60.7 Å². The van der Waals surface area contributed by atoms with E-state index in [-0.39, 0.29) is 5.41 Å². The number of pyridine rings is 1. The van der Waals surface area contributed by atoms with Crippen molar-refractivity contribution in [2.24, 2.45) is 0 Å². The summed E-state index contributed by atoms with van der Waals surface area (Å²) in [5.74, 6) is 0. The molecule has 2 aliphatic rings. The van der Waals surface area contributed by atoms with Crippen LogP contribution >= 0.6 is 15.9 Å². The Morgan fingerprint density at radius 1 is 0.861 bits per heavy atom. The van der Waals surface area contributed by atoms with Gasteiger partial charge in [-0.2, -0.15) is 0 Å². The zero-order chi connectivity index (χ0) is 24.5. The third kappa shape index (κ3) is 4.36. The standard InChI is InChI=1S/C31H30BrN3O/c1-23-7-6-18-33-29(23)21-34-19-16-31(17-20-34)22-36-35(30-27(31)10-5-11-28(30)32)26-14-12-25(13-15-26)24-8-3-2-4-9-24/h2-15,18H,16-17,19-22H2,1H3. The topological polar surface area (TPSA) is 28.6 Å². The Bertz CT molecular complexity index is 1350. The molecule has 0 N–H and O–H groups in total. The number of para-hydroxylation sites is 1. The van der Waals surface area contributed by atoms with Gasteiger partial charge in [0.25, 0.3) is 0 Å². The quantitative estimate of drug-likeness (QED) is 0.269. The average Bonchev–Trinajstić information content (AvgIpc) is 2.93. The van der Waals surface area contributed by atoms with Gasteiger partial charge in [0, 0.05) is 22.6 Å². The van der Waals surface area contributed by atoms with Gasteiger partial charge in [-0.3, -0.25) is 14.7 Å². The van der Waals surface area contributed by atoms with Gasteiger partial charge in [-0.25, -0.2) is 5.06 Å². The van der Waals surface area contributed by atoms with Crippen molar-refractivity contribution in [2.45, 2.75) is 31.7 Å². The monoisotopic (exact) mass is 539 g/mol. The van der Waals surface area contributed by atoms with Crippen LogP contribution in [0.1, 0.15) is 29.7 Å². The van der Waals surface area contributed by atoms with Gasteiger partial charge in [0.1, 0.15) is 0 Å². The van der Waals surface area contributed by atoms with Crippen LogP contribution in [-0.2, 0) is 16.8 Å². The van der Waals surface area contributed by atoms with Crippen LogP contribution in [0.4, 0.5) is 11.4 Å². The first-order valence-electron chi connectivity index (χ1n) is 12.6. The number of rotatable bonds is 4. The highest BCUT2D eigenvalue weighted by Crippen LogP contribution is 2.49. The number of benzene rings is 3. The fourth-order valence-electron chi connectivity index (χ4n) is 5.55. The Kier molecular flexibility index (Phi) is 6.38. The van der Waals surface area contributed by atoms with Crippen molar-refractivity contribution >= 4 is 27.3 Å². The first-order valence-corrected chi connectivity index (χ1v) is 13.4. The van der Waals surface area contributed by atoms with E-state index in [4.69, 9.17) is 4.84 Å². The van der Waals surface area contributed by atoms with E-state index in [1.165, 1.54) is 27.9 Å². The second-order valence-corrected chi connectivity index (χ2v) is 10.8. The third-order valence-electron chi connectivity index (χ3n) is 7.74. The molecular formula is C31H30BrN3O. The highest BCUT2D eigenvalue weighted by Gasteiger charge is 2.43. The number of piperidine rings is 1. The number of aromatic nitrogens is 1. The van der Waals surface area contributed by atoms with E-state index < -0.39 is 0 Å². The number of nitrogens with zero attached hydrogens (tertiary/aromatic N) is 3. The molecule has 4 nitrogen and oxygen atoms in total. The molecule has 1 spiro atoms. The molecule has 1 saturated heterocycles. The summed E-state index contributed by atoms with van der Waals surface area (Å²) in [5.41, 5.74) is 8.45. The summed E-state index contributed by atoms with van der Waals surface area (Å²) < 4.78 is 1.07. The van der Waals surface area contributed by atoms with E-state index in [0.29, 0.717) is 6.61 Å². The number of halogens is 1. The van der Waals surface area contributed by atoms with Gasteiger partial charge in [0.2, 0.25) is 0 Å². The van der Waals surface area contributed by atoms with Gasteiger partial charge in [0.05, 0.1) is 23.7 Å². The SMILES string of the molecule is Cc1cccnc1CN1CCC2(CC1)CON(c1ccc(-c3ccccc3)cc1)c1c(Br)cccc12. The van der Waals surface area contributed by atoms with Crippen LogP contribution in [0, 0.1) is 6.92 Å². The van der Waals surface area contributed by atoms with Crippen LogP contribution in [-0.4, -0.2) is 29.6 Å². The van der Waals surface area contributed by atoms with Crippen LogP contribution in [0.2, 0.25) is 0 Å². The van der Waals surface area contributed by atoms with Crippen LogP contribution in [0.5, 0.6) is 0 Å². The minimum absolute atomic E-state index is 0.0231. The van der Waals surface area contributed by atoms with E-state index in [1.807, 2.05) is 23.4 Å². The minimum atomic E-state index is 0.0231. The summed E-state index contributed by atoms with van der Waals surface area (Å²) in [6.45, 7) is 5.83. The molecular weight excluding hydrogens is 510 g/mol. The van der Waals surface area contributed by atoms with Crippen molar-refractivity contribution < 1.29 is 4.84 Å². The molecule has 6 rings (SSSR count). The van der Waals surface area contributed by atoms with Crippen LogP contribution in [0.25, 0.3) is 11.1 Å². The lowest BCUT2D eigenvalue weighted by atomic mass is 9.72. The van der Waals surface area contributed by atoms with Crippen molar-refractivity contribution in [3.63, 3.8) is 0 Å². The molecule has 0 aliphatic carbocycles. The second-order valence-electron chi connectivity index (χ2n) is 9.94. The number of anilines is 2. The maximum atomic E-state index is 6.56. The molecule has 3 heterocycles. The van der Waals surface area contributed by atoms with Gasteiger partial charge in [-0.05, 0) is 95.3 Å². The zero-order valence-corrected chi connectivity index (χ0v) is 22.1. The molecule has 0 unspecified atom stereocenters. The fraction of sp³-hybridized carbons (Fsp3) is 0.258. The number of likely N-dealkylation sites (tertiary alicyclic amines) is 1. The molecule has 4 aromatic rings. The maximum absolute atomic E-state index is 6.56. The Morgan fingerprint density at radius 3 is 2.36 bits per heavy atom. The largest absolute Gasteiger partial charge is 0.297 e. The number of hydrogen-bond acceptors (Lipinski definition) is 4. The summed E-state index contributed by atoms with van der Waals surface area (Å²) in [6.07, 6.45) is 4.05. The minimum Gasteiger partial charge on any atom is -0.297 e. The lowest BCUT2D eigenvalue weighted by Crippen LogP contribution is -2.49. The van der Waals surface area contributed by atoms with Crippen molar-refractivity contribution in [1.29, 1.82) is 0 Å². The first kappa shape index (κ1) is 23.4. The third-order valence-corrected chi connectivity index (χ3v) is 8.38. The molecule has 0 atom stereocenters. The molecule has 0 saturated carbocycles. The molecule has 36 heavy (non-hydrogen) atoms. The summed E-state index contributed by atoms with van der Waals surface area (Å²) in [4.78, 5) is 13.7. The number of hydrogen-bond donors (Lipinski definition) is 0. The molecule has 182 valence electrons. The highest BCUT2D eigenvalue weighted by molar-refractivity contribution is 9.10. The summed E-state index contributed by atoms with van der Waals surface area (Å²) in [7, 11) is 0. The predicted octanol–water partition coefficient (Wildman–Crippen LogP) is 7.44. The van der Waals surface area contributed by atoms with Crippen molar-refractivity contribution in [3.05, 3.63) is 112 Å². The summed E-state index contributed by atoms with van der Waals surface area (Å²) in [5, 5.41) is 2.02. The maximum Gasteiger partial charge on any atom is 0.0876 e. The van der Waals surface area contributed by atoms with E-state index >= 15 is 0 Å². The predicted molar refractivity (Wildman–Crippen MR) is 149 cm³/mol. The van der Waals surface area contributed by atoms with Crippen LogP contribution in [0.3, 0.4) is 0 Å². The first-order chi connectivity index (χ1) is 17.6. The van der Waals surface area contributed by atoms with E-state index in [2.05, 4.69) is 106 Å². The molecule has 0 amide bonds. The average molecular weight is 541 g/mol. The van der Waals surface area contributed by atoms with Crippen molar-refractivity contribution in [3.8, 4) is 11.1 Å². The number of aryl methyl sites for hydroxylation is 1. The molecule has 1 aromatic heterocycles. The second kappa shape index (κ2) is 9.81. The van der Waals surface area contributed by atoms with Gasteiger partial charge < -0.3 is 0 Å².